The Labute approximate surface area is 137 Å². The first kappa shape index (κ1) is 14.4. The van der Waals surface area contributed by atoms with Crippen LogP contribution in [0.25, 0.3) is 0 Å². The molecule has 4 aliphatic carbocycles. The average molecular weight is 314 g/mol. The van der Waals surface area contributed by atoms with Gasteiger partial charge in [0.1, 0.15) is 5.78 Å². The quantitative estimate of drug-likeness (QED) is 0.689. The molecule has 0 radical (unpaired) electrons. The zero-order valence-corrected chi connectivity index (χ0v) is 14.0. The molecule has 23 heavy (non-hydrogen) atoms. The van der Waals surface area contributed by atoms with Crippen molar-refractivity contribution in [2.24, 2.45) is 34.5 Å². The van der Waals surface area contributed by atoms with E-state index < -0.39 is 0 Å². The summed E-state index contributed by atoms with van der Waals surface area (Å²) in [6.45, 7) is 3.65. The highest BCUT2D eigenvalue weighted by Crippen LogP contribution is 2.65. The third-order valence-electron chi connectivity index (χ3n) is 8.25. The lowest BCUT2D eigenvalue weighted by molar-refractivity contribution is -0.147. The van der Waals surface area contributed by atoms with Crippen LogP contribution in [0.1, 0.15) is 51.9 Å². The molecule has 6 atom stereocenters. The number of ketones is 2. The van der Waals surface area contributed by atoms with E-state index in [-0.39, 0.29) is 16.7 Å². The molecule has 5 aliphatic rings. The molecule has 0 aromatic carbocycles. The summed E-state index contributed by atoms with van der Waals surface area (Å²) in [4.78, 5) is 24.8. The van der Waals surface area contributed by atoms with Crippen LogP contribution in [0.5, 0.6) is 0 Å². The van der Waals surface area contributed by atoms with Gasteiger partial charge in [-0.2, -0.15) is 0 Å². The zero-order valence-electron chi connectivity index (χ0n) is 14.0. The summed E-state index contributed by atoms with van der Waals surface area (Å²) in [5, 5.41) is 0. The van der Waals surface area contributed by atoms with Crippen LogP contribution in [0.4, 0.5) is 0 Å². The maximum Gasteiger partial charge on any atom is 0.161 e. The van der Waals surface area contributed by atoms with Crippen molar-refractivity contribution in [3.63, 3.8) is 0 Å². The number of carbonyl (C=O) groups is 2. The SMILES string of the molecule is C[C@]12CC[C@H]3[C@@H](CCC4=CC(=O)[C@H]5COC[C@@]43C5)[C@@H]1CCC2=O. The van der Waals surface area contributed by atoms with Gasteiger partial charge in [-0.3, -0.25) is 9.59 Å². The van der Waals surface area contributed by atoms with E-state index in [4.69, 9.17) is 4.74 Å². The molecule has 1 heterocycles. The molecule has 1 aliphatic heterocycles. The van der Waals surface area contributed by atoms with Gasteiger partial charge in [0.2, 0.25) is 0 Å². The molecule has 1 spiro atoms. The Bertz CT molecular complexity index is 620. The number of carbonyl (C=O) groups excluding carboxylic acids is 2. The van der Waals surface area contributed by atoms with Crippen LogP contribution in [0, 0.1) is 34.5 Å². The predicted molar refractivity (Wildman–Crippen MR) is 85.7 cm³/mol. The van der Waals surface area contributed by atoms with E-state index in [0.29, 0.717) is 35.9 Å². The molecule has 124 valence electrons. The summed E-state index contributed by atoms with van der Waals surface area (Å²) >= 11 is 0. The van der Waals surface area contributed by atoms with Gasteiger partial charge in [0, 0.05) is 23.2 Å². The second kappa shape index (κ2) is 4.56. The zero-order chi connectivity index (χ0) is 15.8. The van der Waals surface area contributed by atoms with Gasteiger partial charge >= 0.3 is 0 Å². The first-order valence-electron chi connectivity index (χ1n) is 9.40. The molecule has 0 unspecified atom stereocenters. The Morgan fingerprint density at radius 2 is 2.00 bits per heavy atom. The van der Waals surface area contributed by atoms with Gasteiger partial charge in [-0.1, -0.05) is 12.5 Å². The van der Waals surface area contributed by atoms with Gasteiger partial charge in [-0.05, 0) is 62.4 Å². The molecule has 1 saturated heterocycles. The minimum atomic E-state index is -0.0571. The summed E-state index contributed by atoms with van der Waals surface area (Å²) < 4.78 is 5.95. The minimum Gasteiger partial charge on any atom is -0.380 e. The summed E-state index contributed by atoms with van der Waals surface area (Å²) in [6, 6.07) is 0. The summed E-state index contributed by atoms with van der Waals surface area (Å²) in [5.74, 6) is 2.75. The van der Waals surface area contributed by atoms with Crippen molar-refractivity contribution < 1.29 is 14.3 Å². The van der Waals surface area contributed by atoms with E-state index in [1.807, 2.05) is 6.08 Å². The molecule has 0 N–H and O–H groups in total. The predicted octanol–water partition coefficient (Wildman–Crippen LogP) is 3.32. The first-order valence-corrected chi connectivity index (χ1v) is 9.40. The van der Waals surface area contributed by atoms with Crippen LogP contribution in [0.3, 0.4) is 0 Å². The van der Waals surface area contributed by atoms with E-state index in [0.717, 1.165) is 45.1 Å². The van der Waals surface area contributed by atoms with E-state index in [1.54, 1.807) is 0 Å². The maximum absolute atomic E-state index is 12.5. The van der Waals surface area contributed by atoms with Crippen molar-refractivity contribution >= 4 is 11.6 Å². The van der Waals surface area contributed by atoms with Gasteiger partial charge in [-0.15, -0.1) is 0 Å². The van der Waals surface area contributed by atoms with Crippen LogP contribution >= 0.6 is 0 Å². The Kier molecular flexibility index (Phi) is 2.85. The van der Waals surface area contributed by atoms with Crippen LogP contribution in [-0.4, -0.2) is 24.8 Å². The lowest BCUT2D eigenvalue weighted by atomic mass is 9.46. The van der Waals surface area contributed by atoms with E-state index in [1.165, 1.54) is 12.0 Å². The monoisotopic (exact) mass is 314 g/mol. The third kappa shape index (κ3) is 1.70. The molecule has 3 saturated carbocycles. The Hall–Kier alpha value is -0.960. The van der Waals surface area contributed by atoms with E-state index in [2.05, 4.69) is 6.92 Å². The first-order chi connectivity index (χ1) is 11.0. The molecule has 2 bridgehead atoms. The van der Waals surface area contributed by atoms with Gasteiger partial charge in [-0.25, -0.2) is 0 Å². The minimum absolute atomic E-state index is 0.0571. The van der Waals surface area contributed by atoms with Crippen molar-refractivity contribution in [2.75, 3.05) is 13.2 Å². The smallest absolute Gasteiger partial charge is 0.161 e. The van der Waals surface area contributed by atoms with E-state index >= 15 is 0 Å². The molecule has 3 nitrogen and oxygen atoms in total. The molecule has 0 aromatic heterocycles. The summed E-state index contributed by atoms with van der Waals surface area (Å²) in [7, 11) is 0. The number of rotatable bonds is 0. The molecule has 0 amide bonds. The fourth-order valence-corrected chi connectivity index (χ4v) is 7.07. The maximum atomic E-state index is 12.5. The Balaban J connectivity index is 1.56. The van der Waals surface area contributed by atoms with Crippen molar-refractivity contribution in [1.82, 2.24) is 0 Å². The highest BCUT2D eigenvalue weighted by Gasteiger charge is 2.61. The lowest BCUT2D eigenvalue weighted by Crippen LogP contribution is -2.56. The number of hydrogen-bond donors (Lipinski definition) is 0. The Morgan fingerprint density at radius 3 is 2.87 bits per heavy atom. The highest BCUT2D eigenvalue weighted by atomic mass is 16.5. The molecule has 5 rings (SSSR count). The lowest BCUT2D eigenvalue weighted by Gasteiger charge is -2.59. The van der Waals surface area contributed by atoms with Gasteiger partial charge in [0.15, 0.2) is 5.78 Å². The van der Waals surface area contributed by atoms with Crippen molar-refractivity contribution in [2.45, 2.75) is 51.9 Å². The van der Waals surface area contributed by atoms with Crippen molar-refractivity contribution in [3.05, 3.63) is 11.6 Å². The number of ether oxygens (including phenoxy) is 1. The summed E-state index contributed by atoms with van der Waals surface area (Å²) in [6.07, 6.45) is 9.28. The number of hydrogen-bond acceptors (Lipinski definition) is 3. The number of fused-ring (bicyclic) bond motifs is 4. The Morgan fingerprint density at radius 1 is 1.13 bits per heavy atom. The van der Waals surface area contributed by atoms with Crippen molar-refractivity contribution in [1.29, 1.82) is 0 Å². The van der Waals surface area contributed by atoms with Crippen molar-refractivity contribution in [3.8, 4) is 0 Å². The normalized spacial score (nSPS) is 51.6. The summed E-state index contributed by atoms with van der Waals surface area (Å²) in [5.41, 5.74) is 1.44. The fraction of sp³-hybridized carbons (Fsp3) is 0.800. The van der Waals surface area contributed by atoms with Crippen LogP contribution < -0.4 is 0 Å². The topological polar surface area (TPSA) is 43.4 Å². The standard InChI is InChI=1S/C20H26O3/c1-19-7-6-16-14(15(19)4-5-18(19)22)3-2-13-8-17(21)12-9-20(13,16)11-23-10-12/h8,12,14-16H,2-7,9-11H2,1H3/t12-,14+,15+,16+,19+,20+/m1/s1. The fourth-order valence-electron chi connectivity index (χ4n) is 7.07. The second-order valence-corrected chi connectivity index (χ2v) is 8.98. The largest absolute Gasteiger partial charge is 0.380 e. The second-order valence-electron chi connectivity index (χ2n) is 8.98. The average Bonchev–Trinajstić information content (AvgIpc) is 2.85. The van der Waals surface area contributed by atoms with Crippen LogP contribution in [0.15, 0.2) is 11.6 Å². The number of Topliss-reactive ketones (excluding diaryl/α,β-unsaturated/α-hetero) is 1. The van der Waals surface area contributed by atoms with Gasteiger partial charge in [0.05, 0.1) is 13.2 Å². The van der Waals surface area contributed by atoms with Crippen LogP contribution in [0.2, 0.25) is 0 Å². The molecular formula is C20H26O3. The highest BCUT2D eigenvalue weighted by molar-refractivity contribution is 5.94. The third-order valence-corrected chi connectivity index (χ3v) is 8.25. The molecule has 0 aromatic rings. The molecule has 3 heteroatoms. The van der Waals surface area contributed by atoms with Gasteiger partial charge < -0.3 is 4.74 Å². The molecule has 4 fully saturated rings. The van der Waals surface area contributed by atoms with Crippen LogP contribution in [-0.2, 0) is 14.3 Å². The van der Waals surface area contributed by atoms with Gasteiger partial charge in [0.25, 0.3) is 0 Å². The van der Waals surface area contributed by atoms with E-state index in [9.17, 15) is 9.59 Å². The molecular weight excluding hydrogens is 288 g/mol.